The highest BCUT2D eigenvalue weighted by atomic mass is 32.1. The number of nitrogens with zero attached hydrogens (tertiary/aromatic N) is 1. The lowest BCUT2D eigenvalue weighted by atomic mass is 10.1. The first kappa shape index (κ1) is 15.3. The number of urea groups is 1. The van der Waals surface area contributed by atoms with Crippen LogP contribution in [0.3, 0.4) is 0 Å². The number of para-hydroxylation sites is 1. The molecule has 1 aromatic heterocycles. The number of thiazole rings is 1. The van der Waals surface area contributed by atoms with Crippen molar-refractivity contribution in [2.75, 3.05) is 13.7 Å². The molecule has 2 aromatic rings. The molecule has 0 fully saturated rings. The van der Waals surface area contributed by atoms with Gasteiger partial charge in [-0.15, -0.1) is 11.3 Å². The van der Waals surface area contributed by atoms with Gasteiger partial charge in [0.25, 0.3) is 0 Å². The number of ether oxygens (including phenoxy) is 1. The number of carbonyl (C=O) groups excluding carboxylic acids is 1. The lowest BCUT2D eigenvalue weighted by Gasteiger charge is -2.13. The van der Waals surface area contributed by atoms with E-state index in [0.717, 1.165) is 22.7 Å². The van der Waals surface area contributed by atoms with E-state index in [4.69, 9.17) is 4.74 Å². The molecule has 112 valence electrons. The number of carbonyl (C=O) groups is 1. The minimum atomic E-state index is -0.187. The van der Waals surface area contributed by atoms with E-state index in [1.54, 1.807) is 13.3 Å². The highest BCUT2D eigenvalue weighted by Gasteiger charge is 2.11. The minimum Gasteiger partial charge on any atom is -0.496 e. The molecule has 21 heavy (non-hydrogen) atoms. The normalized spacial score (nSPS) is 11.7. The number of hydrogen-bond donors (Lipinski definition) is 2. The van der Waals surface area contributed by atoms with E-state index in [1.165, 1.54) is 11.3 Å². The summed E-state index contributed by atoms with van der Waals surface area (Å²) in [7, 11) is 1.65. The van der Waals surface area contributed by atoms with Crippen LogP contribution in [0.5, 0.6) is 5.75 Å². The molecular weight excluding hydrogens is 286 g/mol. The third-order valence-electron chi connectivity index (χ3n) is 3.04. The Labute approximate surface area is 128 Å². The molecule has 0 saturated carbocycles. The van der Waals surface area contributed by atoms with Crippen molar-refractivity contribution in [2.45, 2.75) is 19.4 Å². The maximum absolute atomic E-state index is 11.8. The number of rotatable bonds is 6. The van der Waals surface area contributed by atoms with Gasteiger partial charge in [0.1, 0.15) is 10.8 Å². The Balaban J connectivity index is 1.77. The number of methoxy groups -OCH3 is 1. The molecule has 2 rings (SSSR count). The number of nitrogens with one attached hydrogen (secondary N) is 2. The Kier molecular flexibility index (Phi) is 5.57. The maximum Gasteiger partial charge on any atom is 0.315 e. The predicted octanol–water partition coefficient (Wildman–Crippen LogP) is 2.75. The van der Waals surface area contributed by atoms with E-state index in [-0.39, 0.29) is 12.1 Å². The van der Waals surface area contributed by atoms with Crippen molar-refractivity contribution >= 4 is 17.4 Å². The van der Waals surface area contributed by atoms with Crippen molar-refractivity contribution in [3.8, 4) is 5.75 Å². The Morgan fingerprint density at radius 2 is 2.24 bits per heavy atom. The summed E-state index contributed by atoms with van der Waals surface area (Å²) in [4.78, 5) is 16.0. The van der Waals surface area contributed by atoms with E-state index in [9.17, 15) is 4.79 Å². The average molecular weight is 305 g/mol. The molecule has 5 nitrogen and oxygen atoms in total. The summed E-state index contributed by atoms with van der Waals surface area (Å²) >= 11 is 1.53. The molecule has 0 bridgehead atoms. The SMILES string of the molecule is COc1ccccc1CCNC(=O)N[C@H](C)c1nccs1. The van der Waals surface area contributed by atoms with Crippen LogP contribution in [0.1, 0.15) is 23.5 Å². The molecule has 0 unspecified atom stereocenters. The summed E-state index contributed by atoms with van der Waals surface area (Å²) in [5.74, 6) is 0.843. The van der Waals surface area contributed by atoms with Gasteiger partial charge >= 0.3 is 6.03 Å². The Bertz CT molecular complexity index is 572. The third kappa shape index (κ3) is 4.46. The van der Waals surface area contributed by atoms with Crippen LogP contribution in [0.15, 0.2) is 35.8 Å². The predicted molar refractivity (Wildman–Crippen MR) is 83.8 cm³/mol. The van der Waals surface area contributed by atoms with Crippen molar-refractivity contribution in [1.82, 2.24) is 15.6 Å². The van der Waals surface area contributed by atoms with Crippen LogP contribution in [0, 0.1) is 0 Å². The van der Waals surface area contributed by atoms with Crippen molar-refractivity contribution in [2.24, 2.45) is 0 Å². The third-order valence-corrected chi connectivity index (χ3v) is 4.00. The minimum absolute atomic E-state index is 0.0868. The largest absolute Gasteiger partial charge is 0.496 e. The van der Waals surface area contributed by atoms with Crippen molar-refractivity contribution < 1.29 is 9.53 Å². The summed E-state index contributed by atoms with van der Waals surface area (Å²) in [6, 6.07) is 7.53. The Morgan fingerprint density at radius 3 is 2.95 bits per heavy atom. The van der Waals surface area contributed by atoms with Crippen LogP contribution in [-0.2, 0) is 6.42 Å². The number of aromatic nitrogens is 1. The topological polar surface area (TPSA) is 63.2 Å². The Morgan fingerprint density at radius 1 is 1.43 bits per heavy atom. The van der Waals surface area contributed by atoms with Gasteiger partial charge in [0.15, 0.2) is 0 Å². The van der Waals surface area contributed by atoms with E-state index < -0.39 is 0 Å². The van der Waals surface area contributed by atoms with Gasteiger partial charge in [-0.3, -0.25) is 0 Å². The van der Waals surface area contributed by atoms with Gasteiger partial charge in [0, 0.05) is 18.1 Å². The van der Waals surface area contributed by atoms with Crippen LogP contribution in [0.25, 0.3) is 0 Å². The molecular formula is C15H19N3O2S. The quantitative estimate of drug-likeness (QED) is 0.862. The van der Waals surface area contributed by atoms with Crippen molar-refractivity contribution in [3.05, 3.63) is 46.4 Å². The van der Waals surface area contributed by atoms with E-state index >= 15 is 0 Å². The maximum atomic E-state index is 11.8. The average Bonchev–Trinajstić information content (AvgIpc) is 3.02. The monoisotopic (exact) mass is 305 g/mol. The first-order chi connectivity index (χ1) is 10.2. The molecule has 2 N–H and O–H groups in total. The summed E-state index contributed by atoms with van der Waals surface area (Å²) in [6.45, 7) is 2.47. The van der Waals surface area contributed by atoms with Gasteiger partial charge in [0.2, 0.25) is 0 Å². The van der Waals surface area contributed by atoms with Gasteiger partial charge in [-0.1, -0.05) is 18.2 Å². The molecule has 1 aromatic carbocycles. The zero-order chi connectivity index (χ0) is 15.1. The molecule has 0 aliphatic rings. The van der Waals surface area contributed by atoms with Crippen LogP contribution in [0.2, 0.25) is 0 Å². The molecule has 6 heteroatoms. The smallest absolute Gasteiger partial charge is 0.315 e. The van der Waals surface area contributed by atoms with Gasteiger partial charge in [-0.25, -0.2) is 9.78 Å². The fourth-order valence-electron chi connectivity index (χ4n) is 1.98. The summed E-state index contributed by atoms with van der Waals surface area (Å²) in [5.41, 5.74) is 1.08. The molecule has 0 aliphatic carbocycles. The van der Waals surface area contributed by atoms with Crippen LogP contribution in [0.4, 0.5) is 4.79 Å². The first-order valence-electron chi connectivity index (χ1n) is 6.76. The van der Waals surface area contributed by atoms with Crippen molar-refractivity contribution in [1.29, 1.82) is 0 Å². The summed E-state index contributed by atoms with van der Waals surface area (Å²) in [6.07, 6.45) is 2.46. The summed E-state index contributed by atoms with van der Waals surface area (Å²) in [5, 5.41) is 8.50. The van der Waals surface area contributed by atoms with Gasteiger partial charge in [0.05, 0.1) is 13.2 Å². The van der Waals surface area contributed by atoms with E-state index in [0.29, 0.717) is 6.54 Å². The number of benzene rings is 1. The van der Waals surface area contributed by atoms with Gasteiger partial charge in [-0.2, -0.15) is 0 Å². The standard InChI is InChI=1S/C15H19N3O2S/c1-11(14-16-9-10-21-14)18-15(19)17-8-7-12-5-3-4-6-13(12)20-2/h3-6,9-11H,7-8H2,1-2H3,(H2,17,18,19)/t11-/m1/s1. The Hall–Kier alpha value is -2.08. The molecule has 1 heterocycles. The van der Waals surface area contributed by atoms with Crippen LogP contribution < -0.4 is 15.4 Å². The molecule has 0 saturated heterocycles. The zero-order valence-corrected chi connectivity index (χ0v) is 12.9. The van der Waals surface area contributed by atoms with E-state index in [2.05, 4.69) is 15.6 Å². The lowest BCUT2D eigenvalue weighted by molar-refractivity contribution is 0.238. The second kappa shape index (κ2) is 7.64. The molecule has 0 radical (unpaired) electrons. The van der Waals surface area contributed by atoms with E-state index in [1.807, 2.05) is 36.6 Å². The van der Waals surface area contributed by atoms with Crippen molar-refractivity contribution in [3.63, 3.8) is 0 Å². The molecule has 0 spiro atoms. The summed E-state index contributed by atoms with van der Waals surface area (Å²) < 4.78 is 5.28. The molecule has 1 atom stereocenters. The lowest BCUT2D eigenvalue weighted by Crippen LogP contribution is -2.38. The van der Waals surface area contributed by atoms with Crippen LogP contribution >= 0.6 is 11.3 Å². The second-order valence-electron chi connectivity index (χ2n) is 4.55. The van der Waals surface area contributed by atoms with Gasteiger partial charge < -0.3 is 15.4 Å². The first-order valence-corrected chi connectivity index (χ1v) is 7.64. The fraction of sp³-hybridized carbons (Fsp3) is 0.333. The van der Waals surface area contributed by atoms with Gasteiger partial charge in [-0.05, 0) is 25.0 Å². The molecule has 2 amide bonds. The number of amides is 2. The second-order valence-corrected chi connectivity index (χ2v) is 5.48. The molecule has 0 aliphatic heterocycles. The highest BCUT2D eigenvalue weighted by Crippen LogP contribution is 2.17. The van der Waals surface area contributed by atoms with Crippen LogP contribution in [-0.4, -0.2) is 24.7 Å². The fourth-order valence-corrected chi connectivity index (χ4v) is 2.62. The number of hydrogen-bond acceptors (Lipinski definition) is 4. The zero-order valence-electron chi connectivity index (χ0n) is 12.1. The highest BCUT2D eigenvalue weighted by molar-refractivity contribution is 7.09.